The van der Waals surface area contributed by atoms with Gasteiger partial charge in [-0.2, -0.15) is 0 Å². The number of hydrogen-bond donors (Lipinski definition) is 0. The fourth-order valence-electron chi connectivity index (χ4n) is 0.957. The summed E-state index contributed by atoms with van der Waals surface area (Å²) in [7, 11) is 0. The zero-order chi connectivity index (χ0) is 11.7. The second kappa shape index (κ2) is 8.48. The molecule has 0 aliphatic heterocycles. The van der Waals surface area contributed by atoms with Gasteiger partial charge in [0.15, 0.2) is 5.78 Å². The summed E-state index contributed by atoms with van der Waals surface area (Å²) in [6, 6.07) is -0.347. The predicted octanol–water partition coefficient (Wildman–Crippen LogP) is 2.02. The summed E-state index contributed by atoms with van der Waals surface area (Å²) in [5.41, 5.74) is 0. The van der Waals surface area contributed by atoms with E-state index in [1.807, 2.05) is 20.8 Å². The molecule has 0 aliphatic rings. The van der Waals surface area contributed by atoms with Crippen LogP contribution in [0.4, 0.5) is 0 Å². The average molecular weight is 199 g/mol. The van der Waals surface area contributed by atoms with Gasteiger partial charge in [0.05, 0.1) is 6.04 Å². The summed E-state index contributed by atoms with van der Waals surface area (Å²) in [4.78, 5) is 23.6. The minimum Gasteiger partial charge on any atom is -0.330 e. The first-order chi connectivity index (χ1) is 6.54. The molecule has 3 heteroatoms. The smallest absolute Gasteiger partial charge is 0.246 e. The molecule has 0 fully saturated rings. The predicted molar refractivity (Wildman–Crippen MR) is 59.1 cm³/mol. The van der Waals surface area contributed by atoms with Gasteiger partial charge in [-0.15, -0.1) is 0 Å². The Kier molecular flexibility index (Phi) is 9.30. The first-order valence-corrected chi connectivity index (χ1v) is 4.98. The molecular formula is C11H21NO2. The van der Waals surface area contributed by atoms with Crippen molar-refractivity contribution in [2.24, 2.45) is 0 Å². The Balaban J connectivity index is 0. The molecule has 0 aliphatic carbocycles. The number of Topliss-reactive ketones (excluding diaryl/α,β-unsaturated/α-hetero) is 1. The van der Waals surface area contributed by atoms with E-state index < -0.39 is 0 Å². The van der Waals surface area contributed by atoms with Crippen LogP contribution in [0.2, 0.25) is 0 Å². The summed E-state index contributed by atoms with van der Waals surface area (Å²) in [6.07, 6.45) is 1.23. The van der Waals surface area contributed by atoms with Crippen LogP contribution in [0, 0.1) is 0 Å². The number of ketones is 1. The number of carbonyl (C=O) groups excluding carboxylic acids is 2. The van der Waals surface area contributed by atoms with Gasteiger partial charge < -0.3 is 4.90 Å². The van der Waals surface area contributed by atoms with E-state index in [0.717, 1.165) is 0 Å². The third-order valence-corrected chi connectivity index (χ3v) is 1.85. The molecule has 82 valence electrons. The maximum Gasteiger partial charge on any atom is 0.246 e. The minimum atomic E-state index is -0.347. The Morgan fingerprint density at radius 1 is 1.43 bits per heavy atom. The molecule has 0 aromatic carbocycles. The Bertz CT molecular complexity index is 199. The summed E-state index contributed by atoms with van der Waals surface area (Å²) in [6.45, 7) is 12.9. The summed E-state index contributed by atoms with van der Waals surface area (Å²) in [5, 5.41) is 0. The van der Waals surface area contributed by atoms with Crippen LogP contribution in [-0.2, 0) is 9.59 Å². The zero-order valence-electron chi connectivity index (χ0n) is 9.83. The van der Waals surface area contributed by atoms with E-state index in [0.29, 0.717) is 6.54 Å². The molecule has 0 N–H and O–H groups in total. The normalized spacial score (nSPS) is 10.6. The van der Waals surface area contributed by atoms with Crippen LogP contribution in [0.1, 0.15) is 34.6 Å². The Morgan fingerprint density at radius 3 is 2.07 bits per heavy atom. The van der Waals surface area contributed by atoms with Gasteiger partial charge in [0, 0.05) is 6.54 Å². The zero-order valence-corrected chi connectivity index (χ0v) is 9.83. The fraction of sp³-hybridized carbons (Fsp3) is 0.636. The molecule has 0 bridgehead atoms. The van der Waals surface area contributed by atoms with E-state index in [4.69, 9.17) is 0 Å². The van der Waals surface area contributed by atoms with Crippen LogP contribution in [-0.4, -0.2) is 29.2 Å². The van der Waals surface area contributed by atoms with E-state index in [1.165, 1.54) is 17.9 Å². The van der Waals surface area contributed by atoms with Gasteiger partial charge in [0.2, 0.25) is 5.91 Å². The highest BCUT2D eigenvalue weighted by Gasteiger charge is 2.18. The van der Waals surface area contributed by atoms with Crippen LogP contribution < -0.4 is 0 Å². The fourth-order valence-corrected chi connectivity index (χ4v) is 0.957. The lowest BCUT2D eigenvalue weighted by Crippen LogP contribution is -2.41. The number of hydrogen-bond acceptors (Lipinski definition) is 2. The molecule has 1 unspecified atom stereocenters. The molecule has 1 atom stereocenters. The van der Waals surface area contributed by atoms with Crippen LogP contribution in [0.15, 0.2) is 12.7 Å². The van der Waals surface area contributed by atoms with E-state index in [2.05, 4.69) is 6.58 Å². The first-order valence-electron chi connectivity index (χ1n) is 4.98. The van der Waals surface area contributed by atoms with Gasteiger partial charge in [0.25, 0.3) is 0 Å². The summed E-state index contributed by atoms with van der Waals surface area (Å²) >= 11 is 0. The van der Waals surface area contributed by atoms with Crippen molar-refractivity contribution >= 4 is 11.7 Å². The molecule has 0 aromatic heterocycles. The number of carbonyl (C=O) groups is 2. The lowest BCUT2D eigenvalue weighted by atomic mass is 10.2. The summed E-state index contributed by atoms with van der Waals surface area (Å²) in [5.74, 6) is -0.202. The van der Waals surface area contributed by atoms with Gasteiger partial charge >= 0.3 is 0 Å². The van der Waals surface area contributed by atoms with E-state index >= 15 is 0 Å². The standard InChI is InChI=1S/C9H15NO2.C2H6/c1-5-9(12)10(6-2)7(3)8(4)11;1-2/h5,7H,1,6H2,2-4H3;1-2H3. The van der Waals surface area contributed by atoms with Crippen molar-refractivity contribution < 1.29 is 9.59 Å². The van der Waals surface area contributed by atoms with Crippen LogP contribution in [0.25, 0.3) is 0 Å². The molecular weight excluding hydrogens is 178 g/mol. The largest absolute Gasteiger partial charge is 0.330 e. The third kappa shape index (κ3) is 4.80. The maximum absolute atomic E-state index is 11.1. The van der Waals surface area contributed by atoms with Crippen LogP contribution in [0.5, 0.6) is 0 Å². The second-order valence-corrected chi connectivity index (χ2v) is 2.62. The van der Waals surface area contributed by atoms with E-state index in [-0.39, 0.29) is 17.7 Å². The van der Waals surface area contributed by atoms with E-state index in [1.54, 1.807) is 6.92 Å². The van der Waals surface area contributed by atoms with Crippen molar-refractivity contribution in [3.8, 4) is 0 Å². The van der Waals surface area contributed by atoms with Gasteiger partial charge in [0.1, 0.15) is 0 Å². The van der Waals surface area contributed by atoms with Crippen LogP contribution in [0.3, 0.4) is 0 Å². The number of rotatable bonds is 4. The van der Waals surface area contributed by atoms with Gasteiger partial charge in [-0.3, -0.25) is 9.59 Å². The highest BCUT2D eigenvalue weighted by Crippen LogP contribution is 2.00. The van der Waals surface area contributed by atoms with Gasteiger partial charge in [-0.25, -0.2) is 0 Å². The van der Waals surface area contributed by atoms with Crippen LogP contribution >= 0.6 is 0 Å². The van der Waals surface area contributed by atoms with Gasteiger partial charge in [-0.1, -0.05) is 20.4 Å². The highest BCUT2D eigenvalue weighted by molar-refractivity contribution is 5.92. The Hall–Kier alpha value is -1.12. The Labute approximate surface area is 86.8 Å². The molecule has 0 heterocycles. The minimum absolute atomic E-state index is 0.00736. The Morgan fingerprint density at radius 2 is 1.86 bits per heavy atom. The molecule has 0 saturated heterocycles. The molecule has 3 nitrogen and oxygen atoms in total. The molecule has 0 spiro atoms. The number of nitrogens with zero attached hydrogens (tertiary/aromatic N) is 1. The molecule has 1 amide bonds. The lowest BCUT2D eigenvalue weighted by molar-refractivity contribution is -0.134. The maximum atomic E-state index is 11.1. The van der Waals surface area contributed by atoms with Crippen molar-refractivity contribution in [1.29, 1.82) is 0 Å². The summed E-state index contributed by atoms with van der Waals surface area (Å²) < 4.78 is 0. The second-order valence-electron chi connectivity index (χ2n) is 2.62. The third-order valence-electron chi connectivity index (χ3n) is 1.85. The molecule has 14 heavy (non-hydrogen) atoms. The topological polar surface area (TPSA) is 37.4 Å². The molecule has 0 rings (SSSR count). The highest BCUT2D eigenvalue weighted by atomic mass is 16.2. The SMILES string of the molecule is C=CC(=O)N(CC)C(C)C(C)=O.CC. The lowest BCUT2D eigenvalue weighted by Gasteiger charge is -2.24. The van der Waals surface area contributed by atoms with Gasteiger partial charge in [-0.05, 0) is 26.8 Å². The quantitative estimate of drug-likeness (QED) is 0.650. The van der Waals surface area contributed by atoms with Crippen molar-refractivity contribution in [2.45, 2.75) is 40.7 Å². The number of likely N-dealkylation sites (N-methyl/N-ethyl adjacent to an activating group) is 1. The first kappa shape index (κ1) is 15.4. The van der Waals surface area contributed by atoms with Crippen molar-refractivity contribution in [1.82, 2.24) is 4.90 Å². The van der Waals surface area contributed by atoms with Crippen molar-refractivity contribution in [2.75, 3.05) is 6.54 Å². The van der Waals surface area contributed by atoms with E-state index in [9.17, 15) is 9.59 Å². The monoisotopic (exact) mass is 199 g/mol. The number of amides is 1. The average Bonchev–Trinajstić information content (AvgIpc) is 2.21. The molecule has 0 aromatic rings. The van der Waals surface area contributed by atoms with Crippen molar-refractivity contribution in [3.63, 3.8) is 0 Å². The van der Waals surface area contributed by atoms with Crippen molar-refractivity contribution in [3.05, 3.63) is 12.7 Å². The molecule has 0 saturated carbocycles. The molecule has 0 radical (unpaired) electrons.